The Hall–Kier alpha value is -3.16. The second-order valence-electron chi connectivity index (χ2n) is 5.48. The highest BCUT2D eigenvalue weighted by molar-refractivity contribution is 6.21. The number of aromatic nitrogens is 2. The molecule has 1 atom stereocenters. The molecule has 2 N–H and O–H groups in total. The highest BCUT2D eigenvalue weighted by Crippen LogP contribution is 2.31. The van der Waals surface area contributed by atoms with Gasteiger partial charge in [0, 0.05) is 6.42 Å². The molecule has 1 fully saturated rings. The Kier molecular flexibility index (Phi) is 2.74. The molecular weight excluding hydrogens is 300 g/mol. The maximum Gasteiger partial charge on any atom is 0.335 e. The minimum Gasteiger partial charge on any atom is -0.478 e. The number of anilines is 1. The van der Waals surface area contributed by atoms with Crippen molar-refractivity contribution in [1.82, 2.24) is 14.9 Å². The molecule has 1 aromatic heterocycles. The number of hydrogen-bond acceptors (Lipinski definition) is 4. The number of urea groups is 1. The van der Waals surface area contributed by atoms with Crippen molar-refractivity contribution in [3.63, 3.8) is 0 Å². The normalized spacial score (nSPS) is 19.7. The fourth-order valence-corrected chi connectivity index (χ4v) is 3.02. The second-order valence-corrected chi connectivity index (χ2v) is 5.48. The molecule has 3 amide bonds. The van der Waals surface area contributed by atoms with Crippen LogP contribution >= 0.6 is 0 Å². The van der Waals surface area contributed by atoms with Gasteiger partial charge in [-0.25, -0.2) is 19.5 Å². The van der Waals surface area contributed by atoms with E-state index in [0.29, 0.717) is 18.7 Å². The third-order valence-electron chi connectivity index (χ3n) is 4.21. The molecule has 2 aliphatic rings. The lowest BCUT2D eigenvalue weighted by molar-refractivity contribution is -0.120. The van der Waals surface area contributed by atoms with Crippen molar-refractivity contribution in [2.24, 2.45) is 0 Å². The SMILES string of the molecule is O=C(O)c1ccc(N2C(=O)C3Cc4nc[nH]c4CN3C2=O)cc1. The monoisotopic (exact) mass is 312 g/mol. The van der Waals surface area contributed by atoms with Crippen LogP contribution in [0.5, 0.6) is 0 Å². The zero-order valence-electron chi connectivity index (χ0n) is 11.9. The molecule has 0 bridgehead atoms. The van der Waals surface area contributed by atoms with Crippen LogP contribution in [0.15, 0.2) is 30.6 Å². The van der Waals surface area contributed by atoms with E-state index >= 15 is 0 Å². The molecule has 1 unspecified atom stereocenters. The average Bonchev–Trinajstić information content (AvgIpc) is 3.09. The zero-order chi connectivity index (χ0) is 16.1. The van der Waals surface area contributed by atoms with E-state index in [-0.39, 0.29) is 11.5 Å². The summed E-state index contributed by atoms with van der Waals surface area (Å²) in [5.41, 5.74) is 2.11. The molecule has 23 heavy (non-hydrogen) atoms. The van der Waals surface area contributed by atoms with E-state index in [1.54, 1.807) is 6.33 Å². The number of amides is 3. The van der Waals surface area contributed by atoms with Gasteiger partial charge in [0.1, 0.15) is 6.04 Å². The number of carboxylic acid groups (broad SMARTS) is 1. The Morgan fingerprint density at radius 2 is 2.00 bits per heavy atom. The van der Waals surface area contributed by atoms with Crippen LogP contribution in [0.25, 0.3) is 0 Å². The standard InChI is InChI=1S/C15H12N4O4/c20-13-12-5-10-11(17-7-16-10)6-18(12)15(23)19(13)9-3-1-8(2-4-9)14(21)22/h1-4,7,12H,5-6H2,(H,16,17)(H,21,22). The molecule has 4 rings (SSSR count). The predicted octanol–water partition coefficient (Wildman–Crippen LogP) is 1.00. The number of carboxylic acids is 1. The lowest BCUT2D eigenvalue weighted by Gasteiger charge is -2.25. The van der Waals surface area contributed by atoms with Gasteiger partial charge in [-0.05, 0) is 24.3 Å². The van der Waals surface area contributed by atoms with Gasteiger partial charge >= 0.3 is 12.0 Å². The Bertz CT molecular complexity index is 788. The van der Waals surface area contributed by atoms with Crippen molar-refractivity contribution in [3.8, 4) is 0 Å². The third-order valence-corrected chi connectivity index (χ3v) is 4.21. The number of carbonyl (C=O) groups is 3. The summed E-state index contributed by atoms with van der Waals surface area (Å²) < 4.78 is 0. The highest BCUT2D eigenvalue weighted by Gasteiger charge is 2.48. The van der Waals surface area contributed by atoms with E-state index in [0.717, 1.165) is 16.3 Å². The summed E-state index contributed by atoms with van der Waals surface area (Å²) in [6, 6.07) is 4.73. The van der Waals surface area contributed by atoms with Crippen LogP contribution in [-0.4, -0.2) is 43.9 Å². The topological polar surface area (TPSA) is 107 Å². The first kappa shape index (κ1) is 13.5. The summed E-state index contributed by atoms with van der Waals surface area (Å²) >= 11 is 0. The van der Waals surface area contributed by atoms with Gasteiger partial charge in [-0.1, -0.05) is 0 Å². The molecule has 2 aliphatic heterocycles. The smallest absolute Gasteiger partial charge is 0.335 e. The molecule has 2 aromatic rings. The summed E-state index contributed by atoms with van der Waals surface area (Å²) in [4.78, 5) is 45.9. The van der Waals surface area contributed by atoms with Crippen LogP contribution in [0.3, 0.4) is 0 Å². The summed E-state index contributed by atoms with van der Waals surface area (Å²) in [7, 11) is 0. The number of benzene rings is 1. The van der Waals surface area contributed by atoms with Crippen LogP contribution in [0.2, 0.25) is 0 Å². The van der Waals surface area contributed by atoms with Gasteiger partial charge in [0.2, 0.25) is 0 Å². The van der Waals surface area contributed by atoms with Crippen LogP contribution in [-0.2, 0) is 17.8 Å². The second kappa shape index (κ2) is 4.67. The molecule has 0 aliphatic carbocycles. The summed E-state index contributed by atoms with van der Waals surface area (Å²) in [5, 5.41) is 8.92. The Morgan fingerprint density at radius 1 is 1.26 bits per heavy atom. The Balaban J connectivity index is 1.67. The van der Waals surface area contributed by atoms with E-state index in [1.165, 1.54) is 29.2 Å². The van der Waals surface area contributed by atoms with Crippen LogP contribution < -0.4 is 4.90 Å². The van der Waals surface area contributed by atoms with E-state index in [2.05, 4.69) is 9.97 Å². The number of imide groups is 1. The fourth-order valence-electron chi connectivity index (χ4n) is 3.02. The third kappa shape index (κ3) is 1.91. The van der Waals surface area contributed by atoms with Gasteiger partial charge < -0.3 is 15.0 Å². The number of aromatic carboxylic acids is 1. The molecular formula is C15H12N4O4. The summed E-state index contributed by atoms with van der Waals surface area (Å²) in [5.74, 6) is -1.37. The molecule has 8 nitrogen and oxygen atoms in total. The van der Waals surface area contributed by atoms with Crippen LogP contribution in [0.1, 0.15) is 21.7 Å². The maximum absolute atomic E-state index is 12.6. The molecule has 8 heteroatoms. The van der Waals surface area contributed by atoms with Crippen molar-refractivity contribution in [1.29, 1.82) is 0 Å². The average molecular weight is 312 g/mol. The molecule has 1 saturated heterocycles. The number of hydrogen-bond donors (Lipinski definition) is 2. The largest absolute Gasteiger partial charge is 0.478 e. The number of aromatic amines is 1. The van der Waals surface area contributed by atoms with Gasteiger partial charge in [-0.2, -0.15) is 0 Å². The first-order valence-electron chi connectivity index (χ1n) is 7.05. The summed E-state index contributed by atoms with van der Waals surface area (Å²) in [6.07, 6.45) is 1.94. The minimum absolute atomic E-state index is 0.102. The predicted molar refractivity (Wildman–Crippen MR) is 77.9 cm³/mol. The van der Waals surface area contributed by atoms with Gasteiger partial charge in [0.05, 0.1) is 35.5 Å². The maximum atomic E-state index is 12.6. The number of nitrogens with one attached hydrogen (secondary N) is 1. The number of imidazole rings is 1. The first-order chi connectivity index (χ1) is 11.1. The molecule has 0 saturated carbocycles. The van der Waals surface area contributed by atoms with E-state index in [9.17, 15) is 14.4 Å². The summed E-state index contributed by atoms with van der Waals surface area (Å²) in [6.45, 7) is 0.314. The molecule has 116 valence electrons. The van der Waals surface area contributed by atoms with Crippen molar-refractivity contribution in [3.05, 3.63) is 47.5 Å². The van der Waals surface area contributed by atoms with E-state index in [4.69, 9.17) is 5.11 Å². The number of carbonyl (C=O) groups excluding carboxylic acids is 2. The van der Waals surface area contributed by atoms with Crippen molar-refractivity contribution in [2.75, 3.05) is 4.90 Å². The van der Waals surface area contributed by atoms with Gasteiger partial charge in [-0.3, -0.25) is 4.79 Å². The van der Waals surface area contributed by atoms with Crippen molar-refractivity contribution >= 4 is 23.6 Å². The number of rotatable bonds is 2. The fraction of sp³-hybridized carbons (Fsp3) is 0.200. The van der Waals surface area contributed by atoms with Crippen LogP contribution in [0.4, 0.5) is 10.5 Å². The minimum atomic E-state index is -1.06. The zero-order valence-corrected chi connectivity index (χ0v) is 11.9. The van der Waals surface area contributed by atoms with E-state index < -0.39 is 18.0 Å². The van der Waals surface area contributed by atoms with Gasteiger partial charge in [0.15, 0.2) is 0 Å². The molecule has 3 heterocycles. The lowest BCUT2D eigenvalue weighted by atomic mass is 10.0. The van der Waals surface area contributed by atoms with Crippen molar-refractivity contribution in [2.45, 2.75) is 19.0 Å². The van der Waals surface area contributed by atoms with Crippen molar-refractivity contribution < 1.29 is 19.5 Å². The van der Waals surface area contributed by atoms with Crippen LogP contribution in [0, 0.1) is 0 Å². The number of nitrogens with zero attached hydrogens (tertiary/aromatic N) is 3. The lowest BCUT2D eigenvalue weighted by Crippen LogP contribution is -2.40. The number of H-pyrrole nitrogens is 1. The number of fused-ring (bicyclic) bond motifs is 2. The Morgan fingerprint density at radius 3 is 2.70 bits per heavy atom. The molecule has 0 spiro atoms. The van der Waals surface area contributed by atoms with E-state index in [1.807, 2.05) is 0 Å². The van der Waals surface area contributed by atoms with Gasteiger partial charge in [0.25, 0.3) is 5.91 Å². The first-order valence-corrected chi connectivity index (χ1v) is 7.05. The quantitative estimate of drug-likeness (QED) is 0.805. The molecule has 1 aromatic carbocycles. The highest BCUT2D eigenvalue weighted by atomic mass is 16.4. The van der Waals surface area contributed by atoms with Gasteiger partial charge in [-0.15, -0.1) is 0 Å². The molecule has 0 radical (unpaired) electrons. The Labute approximate surface area is 130 Å².